The lowest BCUT2D eigenvalue weighted by atomic mass is 9.93. The highest BCUT2D eigenvalue weighted by atomic mass is 33.1. The van der Waals surface area contributed by atoms with Crippen molar-refractivity contribution in [1.29, 1.82) is 0 Å². The van der Waals surface area contributed by atoms with Crippen molar-refractivity contribution >= 4 is 173 Å². The molecule has 0 radical (unpaired) electrons. The van der Waals surface area contributed by atoms with Crippen LogP contribution in [0.3, 0.4) is 0 Å². The number of fused-ring (bicyclic) bond motifs is 12. The lowest BCUT2D eigenvalue weighted by Crippen LogP contribution is -2.62. The van der Waals surface area contributed by atoms with Crippen molar-refractivity contribution in [2.75, 3.05) is 75.8 Å². The standard InChI is InChI=1S/C95H127N23O24S2/c1-7-48(4)78-93(139)117-30-14-24-69(117)87(133)102-43-76(124)104-61(34-52-39-98-58-22-12-9-19-55(52)58)83(129)107-63(36-73(96)121)84(130)114-79(50(6)120)94(140)118-31-17-27-72(118)89(135)110-62(35-53-40-99-59-23-13-10-20-56(53)59)82(128)103-49(5)80(126)112-68(95(141)142)46-144-143-45-67-92(138)116-29-16-26-71(116)90(136)111-66(44-119)86(132)108-64(85(131)113-78)37-74(122)100-41-75(123)105-65(32-47(2)3)91(137)115-28-15-25-70(115)88(134)109-60(81(127)101-42-77(125)106-67)33-51-38-97-57-21-11-8-18-54(51)57/h8-13,18-23,39-40,47-51,60-72,78-79,97-99,119-120H,7,14-17,24-38,41-46H2,1-6H3,(H2,96,121)(H,100,122)(H,101,127)(H,102,133)(H,103,128)(H,104,124)(H,105,123)(H,106,125)(H,107,129)(H,108,132)(H,109,134)(H,110,135)(H,111,136)(H,112,126)(H,113,131)(H,114,130)(H,141,142)/t48-,49-,50+,51?,60-,61-,62-,63-,64-,65-,66-,67-,68-,69-,70-,71-,72-,78-,79-/m0/s1. The fourth-order valence-electron chi connectivity index (χ4n) is 19.0. The molecule has 9 heterocycles. The van der Waals surface area contributed by atoms with Gasteiger partial charge in [-0.05, 0) is 125 Å². The minimum Gasteiger partial charge on any atom is -0.480 e. The van der Waals surface area contributed by atoms with Crippen molar-refractivity contribution in [3.05, 3.63) is 102 Å². The third-order valence-electron chi connectivity index (χ3n) is 26.8. The number of nitrogens with two attached hydrogens (primary N) is 1. The van der Waals surface area contributed by atoms with E-state index in [2.05, 4.69) is 95.0 Å². The number of nitrogens with zero attached hydrogens (tertiary/aromatic N) is 4. The molecule has 47 nitrogen and oxygen atoms in total. The molecule has 23 N–H and O–H groups in total. The lowest BCUT2D eigenvalue weighted by molar-refractivity contribution is -0.145. The molecule has 49 heteroatoms. The van der Waals surface area contributed by atoms with Crippen LogP contribution in [-0.2, 0) is 114 Å². The number of benzene rings is 3. The molecule has 5 aromatic rings. The molecule has 1 unspecified atom stereocenters. The number of aliphatic carboxylic acids is 1. The number of aliphatic hydroxyl groups is 2. The summed E-state index contributed by atoms with van der Waals surface area (Å²) in [6.45, 7) is 5.15. The monoisotopic (exact) mass is 2040 g/mol. The number of carboxylic acids is 1. The third-order valence-corrected chi connectivity index (χ3v) is 29.2. The topological polar surface area (TPSA) is 682 Å². The molecule has 778 valence electrons. The van der Waals surface area contributed by atoms with Gasteiger partial charge in [-0.3, -0.25) is 95.9 Å². The maximum Gasteiger partial charge on any atom is 0.327 e. The number of nitrogens with one attached hydrogen (secondary N) is 18. The van der Waals surface area contributed by atoms with Crippen LogP contribution in [-0.4, -0.2) is 342 Å². The Labute approximate surface area is 836 Å². The fourth-order valence-corrected chi connectivity index (χ4v) is 21.3. The Kier molecular flexibility index (Phi) is 38.0. The van der Waals surface area contributed by atoms with Gasteiger partial charge in [0.1, 0.15) is 96.7 Å². The fraction of sp³-hybridized carbons (Fsp3) is 0.547. The zero-order valence-electron chi connectivity index (χ0n) is 80.6. The molecule has 6 saturated heterocycles. The molecular weight excluding hydrogens is 1910 g/mol. The molecule has 2 bridgehead atoms. The van der Waals surface area contributed by atoms with Gasteiger partial charge in [0, 0.05) is 103 Å². The Morgan fingerprint density at radius 3 is 1.47 bits per heavy atom. The minimum absolute atomic E-state index is 0.00229. The highest BCUT2D eigenvalue weighted by Gasteiger charge is 2.48. The van der Waals surface area contributed by atoms with E-state index in [1.165, 1.54) is 11.8 Å². The largest absolute Gasteiger partial charge is 0.480 e. The van der Waals surface area contributed by atoms with Gasteiger partial charge in [0.05, 0.1) is 45.2 Å². The van der Waals surface area contributed by atoms with Crippen molar-refractivity contribution in [2.45, 2.75) is 247 Å². The number of anilines is 1. The number of hydrogen-bond donors (Lipinski definition) is 22. The number of hydrogen-bond acceptors (Lipinski definition) is 26. The van der Waals surface area contributed by atoms with E-state index in [-0.39, 0.29) is 109 Å². The smallest absolute Gasteiger partial charge is 0.327 e. The molecule has 7 aliphatic heterocycles. The summed E-state index contributed by atoms with van der Waals surface area (Å²) in [6.07, 6.45) is -0.498. The number of H-pyrrole nitrogens is 2. The molecule has 3 aromatic carbocycles. The highest BCUT2D eigenvalue weighted by molar-refractivity contribution is 8.76. The molecule has 0 aliphatic carbocycles. The van der Waals surface area contributed by atoms with Crippen LogP contribution in [0.2, 0.25) is 0 Å². The van der Waals surface area contributed by atoms with Gasteiger partial charge >= 0.3 is 5.97 Å². The summed E-state index contributed by atoms with van der Waals surface area (Å²) in [6, 6.07) is -4.99. The number of aromatic nitrogens is 2. The summed E-state index contributed by atoms with van der Waals surface area (Å²) in [7, 11) is 1.59. The average molecular weight is 2040 g/mol. The summed E-state index contributed by atoms with van der Waals surface area (Å²) in [5, 5.41) is 75.7. The van der Waals surface area contributed by atoms with Crippen LogP contribution in [0.5, 0.6) is 0 Å². The summed E-state index contributed by atoms with van der Waals surface area (Å²) in [5.74, 6) is -24.4. The molecule has 20 amide bonds. The van der Waals surface area contributed by atoms with Crippen LogP contribution in [0.4, 0.5) is 5.69 Å². The Morgan fingerprint density at radius 2 is 0.910 bits per heavy atom. The van der Waals surface area contributed by atoms with E-state index in [1.54, 1.807) is 101 Å². The van der Waals surface area contributed by atoms with E-state index in [9.17, 15) is 102 Å². The molecule has 7 aliphatic rings. The Balaban J connectivity index is 0.877. The highest BCUT2D eigenvalue weighted by Crippen LogP contribution is 2.36. The van der Waals surface area contributed by atoms with Gasteiger partial charge in [0.25, 0.3) is 0 Å². The summed E-state index contributed by atoms with van der Waals surface area (Å²) < 4.78 is 0. The zero-order valence-corrected chi connectivity index (χ0v) is 82.2. The van der Waals surface area contributed by atoms with Crippen LogP contribution >= 0.6 is 21.6 Å². The van der Waals surface area contributed by atoms with Crippen molar-refractivity contribution < 1.29 is 116 Å². The molecule has 2 aromatic heterocycles. The van der Waals surface area contributed by atoms with Gasteiger partial charge in [-0.25, -0.2) is 4.79 Å². The van der Waals surface area contributed by atoms with Gasteiger partial charge in [-0.2, -0.15) is 0 Å². The maximum atomic E-state index is 15.4. The van der Waals surface area contributed by atoms with E-state index < -0.39 is 289 Å². The third kappa shape index (κ3) is 27.9. The molecule has 12 rings (SSSR count). The Bertz CT molecular complexity index is 5660. The van der Waals surface area contributed by atoms with Crippen LogP contribution in [0.15, 0.2) is 85.2 Å². The quantitative estimate of drug-likeness (QED) is 0.0439. The van der Waals surface area contributed by atoms with E-state index in [0.29, 0.717) is 45.9 Å². The first-order valence-electron chi connectivity index (χ1n) is 48.4. The number of carbonyl (C=O) groups excluding carboxylic acids is 20. The number of para-hydroxylation sites is 3. The molecule has 6 fully saturated rings. The number of carbonyl (C=O) groups is 21. The first kappa shape index (κ1) is 109. The van der Waals surface area contributed by atoms with E-state index >= 15 is 14.4 Å². The van der Waals surface area contributed by atoms with Crippen LogP contribution in [0, 0.1) is 11.8 Å². The predicted molar refractivity (Wildman–Crippen MR) is 522 cm³/mol. The second kappa shape index (κ2) is 50.3. The van der Waals surface area contributed by atoms with E-state index in [4.69, 9.17) is 5.73 Å². The summed E-state index contributed by atoms with van der Waals surface area (Å²) >= 11 is 0. The second-order valence-corrected chi connectivity index (χ2v) is 40.2. The molecule has 0 saturated carbocycles. The second-order valence-electron chi connectivity index (χ2n) is 37.6. The minimum atomic E-state index is -2.07. The van der Waals surface area contributed by atoms with Crippen LogP contribution in [0.1, 0.15) is 148 Å². The number of primary amides is 1. The Hall–Kier alpha value is -14.0. The van der Waals surface area contributed by atoms with Gasteiger partial charge in [-0.1, -0.05) is 110 Å². The first-order valence-corrected chi connectivity index (χ1v) is 50.9. The van der Waals surface area contributed by atoms with Gasteiger partial charge < -0.3 is 136 Å². The maximum absolute atomic E-state index is 15.4. The lowest BCUT2D eigenvalue weighted by Gasteiger charge is -2.32. The van der Waals surface area contributed by atoms with Crippen molar-refractivity contribution in [1.82, 2.24) is 109 Å². The normalized spacial score (nSPS) is 27.9. The summed E-state index contributed by atoms with van der Waals surface area (Å²) in [4.78, 5) is 318. The molecule has 144 heavy (non-hydrogen) atoms. The number of aliphatic hydroxyl groups excluding tert-OH is 2. The number of carboxylic acid groups (broad SMARTS) is 1. The number of rotatable bonds is 15. The molecule has 19 atom stereocenters. The van der Waals surface area contributed by atoms with Crippen LogP contribution < -0.4 is 90.8 Å². The van der Waals surface area contributed by atoms with Crippen molar-refractivity contribution in [2.24, 2.45) is 17.6 Å². The van der Waals surface area contributed by atoms with Crippen molar-refractivity contribution in [3.8, 4) is 0 Å². The van der Waals surface area contributed by atoms with Crippen molar-refractivity contribution in [3.63, 3.8) is 0 Å². The Morgan fingerprint density at radius 1 is 0.444 bits per heavy atom. The average Bonchev–Trinajstić information content (AvgIpc) is 1.64. The van der Waals surface area contributed by atoms with E-state index in [1.807, 2.05) is 12.1 Å². The predicted octanol–water partition coefficient (Wildman–Crippen LogP) is -4.59. The van der Waals surface area contributed by atoms with Gasteiger partial charge in [-0.15, -0.1) is 0 Å². The zero-order chi connectivity index (χ0) is 104. The number of aromatic amines is 2. The molecule has 0 spiro atoms. The number of amides is 20. The first-order chi connectivity index (χ1) is 68.8. The summed E-state index contributed by atoms with van der Waals surface area (Å²) in [5.41, 5.74) is 9.42. The SMILES string of the molecule is CC[C@H](C)[C@@H]1NC(=O)[C@@H]2CC(=O)NCC(=O)N[C@@H](CC(C)C)C(=O)N3CCC[C@H]3C(=O)N[C@@H](CC3CNc4ccccc43)C(=O)NCC(=O)N[C@@H](CSSC[C@@H](C(=O)O)NC(=O)[C@H](C)NC(=O)[C@H](Cc3c[nH]c4ccccc34)NC(=O)[C@@H]3CCCN3C(=O)[C@H]([C@@H](C)O)NC(=O)[C@H](CC(N)=O)NC(=O)[C@H](Cc3c[nH]c4ccccc34)NC(=O)CNC(=O)[C@@H]3CCCN3C1=O)C(=O)N1CCC[C@H]1C(=O)N[C@@H](CO)C(=O)N2. The molecular formula is C95H127N23O24S2. The van der Waals surface area contributed by atoms with E-state index in [0.717, 1.165) is 54.5 Å². The van der Waals surface area contributed by atoms with Crippen LogP contribution in [0.25, 0.3) is 21.8 Å². The van der Waals surface area contributed by atoms with Gasteiger partial charge in [0.2, 0.25) is 118 Å². The van der Waals surface area contributed by atoms with Gasteiger partial charge in [0.15, 0.2) is 0 Å².